The van der Waals surface area contributed by atoms with Crippen LogP contribution in [-0.4, -0.2) is 25.5 Å². The lowest BCUT2D eigenvalue weighted by Crippen LogP contribution is -2.42. The van der Waals surface area contributed by atoms with Gasteiger partial charge in [0, 0.05) is 10.7 Å². The predicted octanol–water partition coefficient (Wildman–Crippen LogP) is 3.78. The maximum atomic E-state index is 13.3. The van der Waals surface area contributed by atoms with Crippen molar-refractivity contribution in [1.29, 1.82) is 0 Å². The molecule has 0 bridgehead atoms. The van der Waals surface area contributed by atoms with Crippen LogP contribution >= 0.6 is 10.7 Å². The van der Waals surface area contributed by atoms with Crippen molar-refractivity contribution in [2.75, 3.05) is 0 Å². The standard InChI is InChI=1S/C15H11ClF3NO3S/c16-24(22,23)13-9-5-4-8-12(13)14(21)20(15(17,18)19)10-11-6-2-1-3-7-11/h1-9H,10H2. The van der Waals surface area contributed by atoms with Gasteiger partial charge in [0.2, 0.25) is 0 Å². The fourth-order valence-corrected chi connectivity index (χ4v) is 3.11. The number of hydrogen-bond acceptors (Lipinski definition) is 3. The van der Waals surface area contributed by atoms with Crippen LogP contribution in [-0.2, 0) is 15.6 Å². The Labute approximate surface area is 140 Å². The molecule has 4 nitrogen and oxygen atoms in total. The Morgan fingerprint density at radius 2 is 1.54 bits per heavy atom. The summed E-state index contributed by atoms with van der Waals surface area (Å²) >= 11 is 0. The first-order chi connectivity index (χ1) is 11.1. The van der Waals surface area contributed by atoms with Crippen LogP contribution in [0.2, 0.25) is 0 Å². The Kier molecular flexibility index (Phi) is 5.19. The molecule has 0 aliphatic rings. The summed E-state index contributed by atoms with van der Waals surface area (Å²) in [6.07, 6.45) is -4.99. The van der Waals surface area contributed by atoms with Crippen LogP contribution in [0.3, 0.4) is 0 Å². The van der Waals surface area contributed by atoms with Crippen molar-refractivity contribution in [3.8, 4) is 0 Å². The molecule has 24 heavy (non-hydrogen) atoms. The largest absolute Gasteiger partial charge is 0.487 e. The van der Waals surface area contributed by atoms with Crippen LogP contribution in [0.5, 0.6) is 0 Å². The number of carbonyl (C=O) groups is 1. The Hall–Kier alpha value is -2.06. The number of hydrogen-bond donors (Lipinski definition) is 0. The number of benzene rings is 2. The first-order valence-corrected chi connectivity index (χ1v) is 8.88. The van der Waals surface area contributed by atoms with Crippen molar-refractivity contribution in [3.63, 3.8) is 0 Å². The maximum Gasteiger partial charge on any atom is 0.487 e. The summed E-state index contributed by atoms with van der Waals surface area (Å²) in [5.41, 5.74) is -0.393. The van der Waals surface area contributed by atoms with Crippen molar-refractivity contribution < 1.29 is 26.4 Å². The van der Waals surface area contributed by atoms with E-state index >= 15 is 0 Å². The van der Waals surface area contributed by atoms with E-state index in [0.717, 1.165) is 12.1 Å². The van der Waals surface area contributed by atoms with E-state index in [-0.39, 0.29) is 10.5 Å². The summed E-state index contributed by atoms with van der Waals surface area (Å²) in [5.74, 6) is -1.49. The SMILES string of the molecule is O=C(c1ccccc1S(=O)(=O)Cl)N(Cc1ccccc1)C(F)(F)F. The van der Waals surface area contributed by atoms with Gasteiger partial charge < -0.3 is 0 Å². The molecule has 0 fully saturated rings. The third-order valence-corrected chi connectivity index (χ3v) is 4.49. The van der Waals surface area contributed by atoms with E-state index in [0.29, 0.717) is 0 Å². The third kappa shape index (κ3) is 4.27. The average Bonchev–Trinajstić information content (AvgIpc) is 2.51. The molecule has 0 aliphatic heterocycles. The van der Waals surface area contributed by atoms with Gasteiger partial charge in [-0.1, -0.05) is 42.5 Å². The van der Waals surface area contributed by atoms with Crippen LogP contribution in [0.1, 0.15) is 15.9 Å². The quantitative estimate of drug-likeness (QED) is 0.602. The smallest absolute Gasteiger partial charge is 0.269 e. The zero-order valence-electron chi connectivity index (χ0n) is 12.0. The van der Waals surface area contributed by atoms with Gasteiger partial charge in [-0.3, -0.25) is 4.79 Å². The number of alkyl halides is 3. The Morgan fingerprint density at radius 1 is 1.00 bits per heavy atom. The van der Waals surface area contributed by atoms with Gasteiger partial charge in [0.25, 0.3) is 15.0 Å². The number of halogens is 4. The summed E-state index contributed by atoms with van der Waals surface area (Å²) in [6, 6.07) is 12.0. The van der Waals surface area contributed by atoms with Gasteiger partial charge in [-0.05, 0) is 17.7 Å². The molecular formula is C15H11ClF3NO3S. The molecule has 0 atom stereocenters. The number of amides is 1. The first kappa shape index (κ1) is 18.3. The molecule has 2 rings (SSSR count). The second-order valence-corrected chi connectivity index (χ2v) is 7.31. The molecule has 128 valence electrons. The number of carbonyl (C=O) groups excluding carboxylic acids is 1. The predicted molar refractivity (Wildman–Crippen MR) is 81.9 cm³/mol. The van der Waals surface area contributed by atoms with Crippen LogP contribution in [0.15, 0.2) is 59.5 Å². The fourth-order valence-electron chi connectivity index (χ4n) is 2.04. The molecule has 9 heteroatoms. The molecule has 0 spiro atoms. The van der Waals surface area contributed by atoms with E-state index in [9.17, 15) is 26.4 Å². The van der Waals surface area contributed by atoms with E-state index in [1.807, 2.05) is 0 Å². The minimum Gasteiger partial charge on any atom is -0.269 e. The zero-order valence-corrected chi connectivity index (χ0v) is 13.6. The molecular weight excluding hydrogens is 367 g/mol. The minimum absolute atomic E-state index is 0.245. The van der Waals surface area contributed by atoms with E-state index in [2.05, 4.69) is 0 Å². The van der Waals surface area contributed by atoms with Gasteiger partial charge in [-0.2, -0.15) is 0 Å². The molecule has 0 aromatic heterocycles. The fraction of sp³-hybridized carbons (Fsp3) is 0.133. The number of nitrogens with zero attached hydrogens (tertiary/aromatic N) is 1. The highest BCUT2D eigenvalue weighted by atomic mass is 35.7. The van der Waals surface area contributed by atoms with E-state index in [1.54, 1.807) is 6.07 Å². The normalized spacial score (nSPS) is 12.0. The third-order valence-electron chi connectivity index (χ3n) is 3.11. The lowest BCUT2D eigenvalue weighted by atomic mass is 10.1. The van der Waals surface area contributed by atoms with Gasteiger partial charge in [-0.15, -0.1) is 13.2 Å². The molecule has 1 amide bonds. The summed E-state index contributed by atoms with van der Waals surface area (Å²) in [5, 5.41) is 0. The maximum absolute atomic E-state index is 13.3. The summed E-state index contributed by atoms with van der Waals surface area (Å²) < 4.78 is 62.9. The van der Waals surface area contributed by atoms with Crippen LogP contribution in [0.4, 0.5) is 13.2 Å². The molecule has 2 aromatic carbocycles. The van der Waals surface area contributed by atoms with Crippen LogP contribution in [0, 0.1) is 0 Å². The first-order valence-electron chi connectivity index (χ1n) is 6.57. The molecule has 0 saturated heterocycles. The average molecular weight is 378 g/mol. The second kappa shape index (κ2) is 6.82. The molecule has 0 aliphatic carbocycles. The van der Waals surface area contributed by atoms with E-state index in [1.165, 1.54) is 36.4 Å². The van der Waals surface area contributed by atoms with Crippen molar-refractivity contribution in [3.05, 3.63) is 65.7 Å². The highest BCUT2D eigenvalue weighted by Crippen LogP contribution is 2.29. The lowest BCUT2D eigenvalue weighted by Gasteiger charge is -2.25. The lowest BCUT2D eigenvalue weighted by molar-refractivity contribution is -0.228. The van der Waals surface area contributed by atoms with Crippen molar-refractivity contribution in [1.82, 2.24) is 4.90 Å². The Bertz CT molecular complexity index is 839. The van der Waals surface area contributed by atoms with Crippen LogP contribution in [0.25, 0.3) is 0 Å². The van der Waals surface area contributed by atoms with E-state index in [4.69, 9.17) is 10.7 Å². The van der Waals surface area contributed by atoms with Gasteiger partial charge in [-0.25, -0.2) is 13.3 Å². The minimum atomic E-state index is -4.99. The van der Waals surface area contributed by atoms with E-state index < -0.39 is 38.3 Å². The topological polar surface area (TPSA) is 54.5 Å². The van der Waals surface area contributed by atoms with Gasteiger partial charge in [0.1, 0.15) is 0 Å². The highest BCUT2D eigenvalue weighted by Gasteiger charge is 2.42. The van der Waals surface area contributed by atoms with Gasteiger partial charge in [0.15, 0.2) is 0 Å². The van der Waals surface area contributed by atoms with Crippen molar-refractivity contribution in [2.24, 2.45) is 0 Å². The van der Waals surface area contributed by atoms with Crippen molar-refractivity contribution >= 4 is 25.6 Å². The number of rotatable bonds is 4. The van der Waals surface area contributed by atoms with Gasteiger partial charge >= 0.3 is 6.30 Å². The molecule has 0 unspecified atom stereocenters. The van der Waals surface area contributed by atoms with Crippen molar-refractivity contribution in [2.45, 2.75) is 17.7 Å². The Morgan fingerprint density at radius 3 is 2.08 bits per heavy atom. The summed E-state index contributed by atoms with van der Waals surface area (Å²) in [6.45, 7) is -0.750. The Balaban J connectivity index is 2.47. The zero-order chi connectivity index (χ0) is 18.0. The monoisotopic (exact) mass is 377 g/mol. The second-order valence-electron chi connectivity index (χ2n) is 4.78. The molecule has 0 heterocycles. The molecule has 0 N–H and O–H groups in total. The van der Waals surface area contributed by atoms with Gasteiger partial charge in [0.05, 0.1) is 17.0 Å². The van der Waals surface area contributed by atoms with Crippen LogP contribution < -0.4 is 0 Å². The summed E-state index contributed by atoms with van der Waals surface area (Å²) in [4.78, 5) is 11.3. The molecule has 2 aromatic rings. The highest BCUT2D eigenvalue weighted by molar-refractivity contribution is 8.13. The molecule has 0 saturated carbocycles. The summed E-state index contributed by atoms with van der Waals surface area (Å²) in [7, 11) is 0.834. The molecule has 0 radical (unpaired) electrons.